The molecule has 1 unspecified atom stereocenters. The monoisotopic (exact) mass is 744 g/mol. The highest BCUT2D eigenvalue weighted by molar-refractivity contribution is 5.78. The van der Waals surface area contributed by atoms with Crippen molar-refractivity contribution in [1.29, 1.82) is 0 Å². The van der Waals surface area contributed by atoms with Crippen molar-refractivity contribution in [3.63, 3.8) is 0 Å². The molecule has 0 aliphatic carbocycles. The number of rotatable bonds is 38. The number of carbonyl (C=O) groups is 2. The quantitative estimate of drug-likeness (QED) is 0.0336. The Labute approximate surface area is 325 Å². The fourth-order valence-electron chi connectivity index (χ4n) is 7.32. The van der Waals surface area contributed by atoms with Gasteiger partial charge in [-0.2, -0.15) is 0 Å². The lowest BCUT2D eigenvalue weighted by molar-refractivity contribution is -0.938. The normalized spacial score (nSPS) is 12.7. The van der Waals surface area contributed by atoms with Gasteiger partial charge in [0.2, 0.25) is 18.1 Å². The number of hydrogen-bond acceptors (Lipinski definition) is 3. The average molecular weight is 745 g/mol. The van der Waals surface area contributed by atoms with Gasteiger partial charge in [0, 0.05) is 25.9 Å². The topological polar surface area (TPSA) is 78.4 Å². The number of halogens is 1. The minimum atomic E-state index is -0.452. The molecule has 0 spiro atoms. The van der Waals surface area contributed by atoms with Gasteiger partial charge in [-0.1, -0.05) is 189 Å². The lowest BCUT2D eigenvalue weighted by atomic mass is 10.0. The standard InChI is InChI=1S/C44H89N3O3.ClH/c1-7-37-47(6,38-32-39-48)44(45-42(49)35-30-26-22-18-14-10-8-12-16-20-24-28-33-40(2)3)46-43(50)36-31-27-23-19-15-11-9-13-17-21-25-29-34-41(4)5;/h40-41,44,48H,7-39H2,1-6H3,(H-,45,46,49,50);1H. The molecule has 0 bridgehead atoms. The molecule has 0 aromatic rings. The van der Waals surface area contributed by atoms with Crippen molar-refractivity contribution in [3.05, 3.63) is 0 Å². The van der Waals surface area contributed by atoms with Crippen molar-refractivity contribution in [3.8, 4) is 0 Å². The molecular weight excluding hydrogens is 654 g/mol. The lowest BCUT2D eigenvalue weighted by Gasteiger charge is -2.41. The molecule has 51 heavy (non-hydrogen) atoms. The molecule has 1 atom stereocenters. The predicted molar refractivity (Wildman–Crippen MR) is 217 cm³/mol. The van der Waals surface area contributed by atoms with E-state index in [0.717, 1.165) is 50.5 Å². The van der Waals surface area contributed by atoms with Crippen LogP contribution in [-0.4, -0.2) is 54.4 Å². The van der Waals surface area contributed by atoms with Crippen LogP contribution in [0, 0.1) is 11.8 Å². The maximum atomic E-state index is 13.1. The maximum absolute atomic E-state index is 13.1. The van der Waals surface area contributed by atoms with Crippen LogP contribution in [0.25, 0.3) is 0 Å². The highest BCUT2D eigenvalue weighted by Gasteiger charge is 2.34. The summed E-state index contributed by atoms with van der Waals surface area (Å²) in [5.41, 5.74) is 0. The van der Waals surface area contributed by atoms with Crippen LogP contribution in [0.15, 0.2) is 0 Å². The van der Waals surface area contributed by atoms with E-state index in [1.165, 1.54) is 141 Å². The Morgan fingerprint density at radius 1 is 0.490 bits per heavy atom. The Hall–Kier alpha value is -0.850. The van der Waals surface area contributed by atoms with E-state index in [4.69, 9.17) is 0 Å². The van der Waals surface area contributed by atoms with E-state index >= 15 is 0 Å². The molecule has 0 aliphatic heterocycles. The molecule has 306 valence electrons. The number of hydrogen-bond donors (Lipinski definition) is 3. The van der Waals surface area contributed by atoms with E-state index < -0.39 is 6.29 Å². The van der Waals surface area contributed by atoms with E-state index in [-0.39, 0.29) is 30.8 Å². The SMILES string of the molecule is CCC[N+](C)(CCCO)C(NC(=O)CCCCCCCCCCCCCCC(C)C)NC(=O)CCCCCCCCCCCCCCC(C)C.[Cl-]. The first kappa shape index (κ1) is 52.3. The molecule has 0 aliphatic rings. The van der Waals surface area contributed by atoms with Gasteiger partial charge in [-0.25, -0.2) is 0 Å². The van der Waals surface area contributed by atoms with Gasteiger partial charge in [-0.3, -0.25) is 24.7 Å². The zero-order valence-electron chi connectivity index (χ0n) is 35.2. The zero-order chi connectivity index (χ0) is 37.1. The molecule has 0 saturated carbocycles. The second-order valence-electron chi connectivity index (χ2n) is 16.9. The minimum Gasteiger partial charge on any atom is -1.00 e. The molecular formula is C44H90ClN3O3. The Morgan fingerprint density at radius 2 is 0.784 bits per heavy atom. The van der Waals surface area contributed by atoms with E-state index in [2.05, 4.69) is 52.3 Å². The average Bonchev–Trinajstić information content (AvgIpc) is 3.07. The number of amides is 2. The van der Waals surface area contributed by atoms with Gasteiger partial charge in [0.25, 0.3) is 0 Å². The van der Waals surface area contributed by atoms with Crippen LogP contribution in [0.1, 0.15) is 227 Å². The second kappa shape index (κ2) is 37.5. The van der Waals surface area contributed by atoms with Crippen LogP contribution in [0.5, 0.6) is 0 Å². The molecule has 2 amide bonds. The number of carbonyl (C=O) groups excluding carboxylic acids is 2. The molecule has 0 heterocycles. The number of nitrogens with one attached hydrogen (secondary N) is 2. The molecule has 0 aromatic carbocycles. The van der Waals surface area contributed by atoms with Crippen molar-refractivity contribution >= 4 is 11.8 Å². The highest BCUT2D eigenvalue weighted by Crippen LogP contribution is 2.17. The molecule has 3 N–H and O–H groups in total. The van der Waals surface area contributed by atoms with Crippen LogP contribution in [0.4, 0.5) is 0 Å². The Kier molecular flexibility index (Phi) is 38.4. The third-order valence-electron chi connectivity index (χ3n) is 10.7. The predicted octanol–water partition coefficient (Wildman–Crippen LogP) is 8.98. The molecule has 0 radical (unpaired) electrons. The van der Waals surface area contributed by atoms with Crippen molar-refractivity contribution < 1.29 is 31.6 Å². The van der Waals surface area contributed by atoms with Gasteiger partial charge in [0.15, 0.2) is 0 Å². The van der Waals surface area contributed by atoms with Gasteiger partial charge in [-0.15, -0.1) is 0 Å². The summed E-state index contributed by atoms with van der Waals surface area (Å²) in [6, 6.07) is 0. The largest absolute Gasteiger partial charge is 1.00 e. The fraction of sp³-hybridized carbons (Fsp3) is 0.955. The lowest BCUT2D eigenvalue weighted by Crippen LogP contribution is -3.00. The summed E-state index contributed by atoms with van der Waals surface area (Å²) in [5, 5.41) is 16.0. The van der Waals surface area contributed by atoms with Crippen molar-refractivity contribution in [1.82, 2.24) is 10.6 Å². The number of unbranched alkanes of at least 4 members (excludes halogenated alkanes) is 22. The van der Waals surface area contributed by atoms with Gasteiger partial charge in [-0.05, 0) is 31.1 Å². The summed E-state index contributed by atoms with van der Waals surface area (Å²) in [7, 11) is 2.10. The maximum Gasteiger partial charge on any atom is 0.245 e. The molecule has 0 aromatic heterocycles. The molecule has 6 nitrogen and oxygen atoms in total. The van der Waals surface area contributed by atoms with Crippen LogP contribution >= 0.6 is 0 Å². The first-order chi connectivity index (χ1) is 24.1. The van der Waals surface area contributed by atoms with E-state index in [1.807, 2.05) is 0 Å². The fourth-order valence-corrected chi connectivity index (χ4v) is 7.32. The Balaban J connectivity index is 0. The first-order valence-electron chi connectivity index (χ1n) is 22.2. The Bertz CT molecular complexity index is 716. The summed E-state index contributed by atoms with van der Waals surface area (Å²) in [6.07, 6.45) is 35.8. The molecule has 0 saturated heterocycles. The van der Waals surface area contributed by atoms with Gasteiger partial charge in [0.05, 0.1) is 20.1 Å². The van der Waals surface area contributed by atoms with Crippen molar-refractivity contribution in [2.24, 2.45) is 11.8 Å². The molecule has 0 rings (SSSR count). The van der Waals surface area contributed by atoms with Crippen molar-refractivity contribution in [2.75, 3.05) is 26.7 Å². The first-order valence-corrected chi connectivity index (χ1v) is 22.2. The van der Waals surface area contributed by atoms with E-state index in [9.17, 15) is 14.7 Å². The summed E-state index contributed by atoms with van der Waals surface area (Å²) in [6.45, 7) is 13.1. The third kappa shape index (κ3) is 34.7. The summed E-state index contributed by atoms with van der Waals surface area (Å²) >= 11 is 0. The van der Waals surface area contributed by atoms with Gasteiger partial charge in [0.1, 0.15) is 0 Å². The number of aliphatic hydroxyl groups is 1. The second-order valence-corrected chi connectivity index (χ2v) is 16.9. The molecule has 0 fully saturated rings. The molecule has 7 heteroatoms. The van der Waals surface area contributed by atoms with Crippen molar-refractivity contribution in [2.45, 2.75) is 234 Å². The highest BCUT2D eigenvalue weighted by atomic mass is 35.5. The van der Waals surface area contributed by atoms with Gasteiger partial charge < -0.3 is 17.5 Å². The summed E-state index contributed by atoms with van der Waals surface area (Å²) < 4.78 is 0.518. The number of quaternary nitrogens is 1. The summed E-state index contributed by atoms with van der Waals surface area (Å²) in [4.78, 5) is 26.2. The number of aliphatic hydroxyl groups excluding tert-OH is 1. The van der Waals surface area contributed by atoms with Crippen LogP contribution in [0.3, 0.4) is 0 Å². The van der Waals surface area contributed by atoms with Crippen LogP contribution in [0.2, 0.25) is 0 Å². The van der Waals surface area contributed by atoms with Crippen LogP contribution < -0.4 is 23.0 Å². The van der Waals surface area contributed by atoms with E-state index in [1.54, 1.807) is 0 Å². The number of nitrogens with zero attached hydrogens (tertiary/aromatic N) is 1. The smallest absolute Gasteiger partial charge is 0.245 e. The Morgan fingerprint density at radius 3 is 1.06 bits per heavy atom. The van der Waals surface area contributed by atoms with E-state index in [0.29, 0.717) is 30.3 Å². The minimum absolute atomic E-state index is 0. The third-order valence-corrected chi connectivity index (χ3v) is 10.7. The van der Waals surface area contributed by atoms with Crippen LogP contribution in [-0.2, 0) is 9.59 Å². The summed E-state index contributed by atoms with van der Waals surface area (Å²) in [5.74, 6) is 1.74. The zero-order valence-corrected chi connectivity index (χ0v) is 35.9. The van der Waals surface area contributed by atoms with Gasteiger partial charge >= 0.3 is 0 Å².